The number of nitrogens with two attached hydrogens (primary N) is 1. The van der Waals surface area contributed by atoms with E-state index in [1.54, 1.807) is 13.8 Å². The third-order valence-corrected chi connectivity index (χ3v) is 3.12. The highest BCUT2D eigenvalue weighted by Crippen LogP contribution is 2.19. The van der Waals surface area contributed by atoms with Crippen molar-refractivity contribution in [2.75, 3.05) is 23.9 Å². The van der Waals surface area contributed by atoms with Crippen LogP contribution in [0.25, 0.3) is 0 Å². The quantitative estimate of drug-likeness (QED) is 0.704. The standard InChI is InChI=1S/C11H18FN3O2S/c1-11(2,15-18(3,16)17)7-14-10-5-4-8(12)6-9(10)13/h4-6,14-15H,7,13H2,1-3H3. The van der Waals surface area contributed by atoms with Gasteiger partial charge in [-0.25, -0.2) is 17.5 Å². The van der Waals surface area contributed by atoms with Crippen LogP contribution in [-0.4, -0.2) is 26.8 Å². The molecular formula is C11H18FN3O2S. The van der Waals surface area contributed by atoms with E-state index in [0.29, 0.717) is 12.2 Å². The van der Waals surface area contributed by atoms with Crippen molar-refractivity contribution in [1.29, 1.82) is 0 Å². The van der Waals surface area contributed by atoms with Gasteiger partial charge in [0, 0.05) is 12.1 Å². The van der Waals surface area contributed by atoms with Gasteiger partial charge in [0.05, 0.1) is 17.6 Å². The van der Waals surface area contributed by atoms with Crippen LogP contribution in [0.4, 0.5) is 15.8 Å². The molecule has 0 aliphatic heterocycles. The highest BCUT2D eigenvalue weighted by Gasteiger charge is 2.22. The molecule has 0 aromatic heterocycles. The van der Waals surface area contributed by atoms with E-state index < -0.39 is 21.4 Å². The van der Waals surface area contributed by atoms with Gasteiger partial charge in [0.15, 0.2) is 0 Å². The van der Waals surface area contributed by atoms with Crippen LogP contribution >= 0.6 is 0 Å². The van der Waals surface area contributed by atoms with Gasteiger partial charge in [-0.3, -0.25) is 0 Å². The fraction of sp³-hybridized carbons (Fsp3) is 0.455. The summed E-state index contributed by atoms with van der Waals surface area (Å²) in [5, 5.41) is 2.98. The molecule has 0 bridgehead atoms. The van der Waals surface area contributed by atoms with Crippen LogP contribution < -0.4 is 15.8 Å². The summed E-state index contributed by atoms with van der Waals surface area (Å²) >= 11 is 0. The lowest BCUT2D eigenvalue weighted by molar-refractivity contribution is 0.476. The molecule has 1 rings (SSSR count). The second-order valence-corrected chi connectivity index (χ2v) is 6.59. The Kier molecular flexibility index (Phi) is 4.18. The molecule has 18 heavy (non-hydrogen) atoms. The van der Waals surface area contributed by atoms with Gasteiger partial charge in [-0.2, -0.15) is 0 Å². The molecule has 0 aliphatic rings. The van der Waals surface area contributed by atoms with E-state index in [2.05, 4.69) is 10.0 Å². The molecule has 0 amide bonds. The Morgan fingerprint density at radius 2 is 2.00 bits per heavy atom. The van der Waals surface area contributed by atoms with Crippen molar-refractivity contribution in [3.8, 4) is 0 Å². The van der Waals surface area contributed by atoms with E-state index in [9.17, 15) is 12.8 Å². The van der Waals surface area contributed by atoms with Crippen molar-refractivity contribution in [1.82, 2.24) is 4.72 Å². The lowest BCUT2D eigenvalue weighted by atomic mass is 10.1. The van der Waals surface area contributed by atoms with Gasteiger partial charge in [0.1, 0.15) is 5.82 Å². The Balaban J connectivity index is 2.70. The van der Waals surface area contributed by atoms with Crippen molar-refractivity contribution >= 4 is 21.4 Å². The lowest BCUT2D eigenvalue weighted by Gasteiger charge is -2.26. The molecule has 0 saturated heterocycles. The first-order valence-electron chi connectivity index (χ1n) is 5.37. The zero-order valence-corrected chi connectivity index (χ0v) is 11.4. The predicted molar refractivity (Wildman–Crippen MR) is 71.4 cm³/mol. The third kappa shape index (κ3) is 4.89. The number of hydrogen-bond acceptors (Lipinski definition) is 4. The number of anilines is 2. The molecule has 7 heteroatoms. The normalized spacial score (nSPS) is 12.4. The molecule has 0 aliphatic carbocycles. The van der Waals surface area contributed by atoms with E-state index >= 15 is 0 Å². The highest BCUT2D eigenvalue weighted by atomic mass is 32.2. The summed E-state index contributed by atoms with van der Waals surface area (Å²) in [6.45, 7) is 3.80. The number of rotatable bonds is 5. The first kappa shape index (κ1) is 14.7. The largest absolute Gasteiger partial charge is 0.397 e. The van der Waals surface area contributed by atoms with Crippen LogP contribution in [0.2, 0.25) is 0 Å². The minimum absolute atomic E-state index is 0.283. The van der Waals surface area contributed by atoms with Crippen LogP contribution in [-0.2, 0) is 10.0 Å². The fourth-order valence-electron chi connectivity index (χ4n) is 1.55. The molecule has 1 aromatic rings. The molecule has 0 unspecified atom stereocenters. The van der Waals surface area contributed by atoms with E-state index in [0.717, 1.165) is 6.26 Å². The van der Waals surface area contributed by atoms with E-state index in [1.807, 2.05) is 0 Å². The van der Waals surface area contributed by atoms with Crippen molar-refractivity contribution in [2.45, 2.75) is 19.4 Å². The fourth-order valence-corrected chi connectivity index (χ4v) is 2.62. The highest BCUT2D eigenvalue weighted by molar-refractivity contribution is 7.88. The molecule has 0 radical (unpaired) electrons. The van der Waals surface area contributed by atoms with E-state index in [4.69, 9.17) is 5.73 Å². The maximum atomic E-state index is 12.8. The number of nitrogen functional groups attached to an aromatic ring is 1. The van der Waals surface area contributed by atoms with E-state index in [-0.39, 0.29) is 5.69 Å². The average Bonchev–Trinajstić information content (AvgIpc) is 2.12. The van der Waals surface area contributed by atoms with Gasteiger partial charge in [0.25, 0.3) is 0 Å². The van der Waals surface area contributed by atoms with Crippen molar-refractivity contribution < 1.29 is 12.8 Å². The van der Waals surface area contributed by atoms with Gasteiger partial charge in [0.2, 0.25) is 10.0 Å². The van der Waals surface area contributed by atoms with Gasteiger partial charge in [-0.1, -0.05) is 0 Å². The molecule has 0 spiro atoms. The Morgan fingerprint density at radius 1 is 1.39 bits per heavy atom. The van der Waals surface area contributed by atoms with Gasteiger partial charge >= 0.3 is 0 Å². The molecule has 1 aromatic carbocycles. The predicted octanol–water partition coefficient (Wildman–Crippen LogP) is 1.15. The van der Waals surface area contributed by atoms with Crippen molar-refractivity contribution in [3.05, 3.63) is 24.0 Å². The van der Waals surface area contributed by atoms with Gasteiger partial charge in [-0.15, -0.1) is 0 Å². The number of benzene rings is 1. The molecule has 0 fully saturated rings. The maximum absolute atomic E-state index is 12.8. The molecule has 5 nitrogen and oxygen atoms in total. The zero-order valence-electron chi connectivity index (χ0n) is 10.6. The summed E-state index contributed by atoms with van der Waals surface area (Å²) in [4.78, 5) is 0. The second-order valence-electron chi connectivity index (χ2n) is 4.84. The molecule has 0 heterocycles. The monoisotopic (exact) mass is 275 g/mol. The first-order chi connectivity index (χ1) is 8.09. The number of nitrogens with one attached hydrogen (secondary N) is 2. The summed E-state index contributed by atoms with van der Waals surface area (Å²) in [5.41, 5.74) is 5.82. The van der Waals surface area contributed by atoms with E-state index in [1.165, 1.54) is 18.2 Å². The van der Waals surface area contributed by atoms with Crippen LogP contribution in [0.5, 0.6) is 0 Å². The molecule has 0 saturated carbocycles. The van der Waals surface area contributed by atoms with Crippen LogP contribution in [0.3, 0.4) is 0 Å². The summed E-state index contributed by atoms with van der Waals surface area (Å²) < 4.78 is 37.6. The minimum Gasteiger partial charge on any atom is -0.397 e. The summed E-state index contributed by atoms with van der Waals surface area (Å²) in [6.07, 6.45) is 1.10. The molecule has 4 N–H and O–H groups in total. The van der Waals surface area contributed by atoms with Crippen molar-refractivity contribution in [2.24, 2.45) is 0 Å². The van der Waals surface area contributed by atoms with Crippen LogP contribution in [0.15, 0.2) is 18.2 Å². The van der Waals surface area contributed by atoms with Crippen LogP contribution in [0, 0.1) is 5.82 Å². The smallest absolute Gasteiger partial charge is 0.209 e. The Bertz CT molecular complexity index is 529. The number of halogens is 1. The molecule has 0 atom stereocenters. The summed E-state index contributed by atoms with van der Waals surface area (Å²) in [7, 11) is -3.28. The zero-order chi connectivity index (χ0) is 14.0. The Labute approximate surface area is 107 Å². The minimum atomic E-state index is -3.28. The third-order valence-electron chi connectivity index (χ3n) is 2.20. The number of sulfonamides is 1. The topological polar surface area (TPSA) is 84.2 Å². The maximum Gasteiger partial charge on any atom is 0.209 e. The van der Waals surface area contributed by atoms with Gasteiger partial charge < -0.3 is 11.1 Å². The first-order valence-corrected chi connectivity index (χ1v) is 7.26. The SMILES string of the molecule is CC(C)(CNc1ccc(F)cc1N)NS(C)(=O)=O. The Morgan fingerprint density at radius 3 is 2.50 bits per heavy atom. The lowest BCUT2D eigenvalue weighted by Crippen LogP contribution is -2.47. The Hall–Kier alpha value is -1.34. The summed E-state index contributed by atoms with van der Waals surface area (Å²) in [5.74, 6) is -0.411. The average molecular weight is 275 g/mol. The van der Waals surface area contributed by atoms with Crippen LogP contribution in [0.1, 0.15) is 13.8 Å². The van der Waals surface area contributed by atoms with Crippen molar-refractivity contribution in [3.63, 3.8) is 0 Å². The number of hydrogen-bond donors (Lipinski definition) is 3. The van der Waals surface area contributed by atoms with Gasteiger partial charge in [-0.05, 0) is 32.0 Å². The molecule has 102 valence electrons. The second kappa shape index (κ2) is 5.11. The molecular weight excluding hydrogens is 257 g/mol. The summed E-state index contributed by atoms with van der Waals surface area (Å²) in [6, 6.07) is 4.01.